The van der Waals surface area contributed by atoms with Crippen molar-refractivity contribution in [2.45, 2.75) is 13.1 Å². The molecule has 2 heterocycles. The van der Waals surface area contributed by atoms with Crippen molar-refractivity contribution < 1.29 is 4.42 Å². The van der Waals surface area contributed by atoms with E-state index in [0.29, 0.717) is 17.7 Å². The van der Waals surface area contributed by atoms with Crippen molar-refractivity contribution in [3.05, 3.63) is 77.0 Å². The highest BCUT2D eigenvalue weighted by atomic mass is 16.3. The lowest BCUT2D eigenvalue weighted by atomic mass is 10.2. The fourth-order valence-corrected chi connectivity index (χ4v) is 2.41. The van der Waals surface area contributed by atoms with Crippen molar-refractivity contribution in [1.29, 1.82) is 5.41 Å². The van der Waals surface area contributed by atoms with Gasteiger partial charge in [0.15, 0.2) is 0 Å². The molecule has 0 amide bonds. The summed E-state index contributed by atoms with van der Waals surface area (Å²) in [5.41, 5.74) is 0.686. The summed E-state index contributed by atoms with van der Waals surface area (Å²) in [7, 11) is 0. The molecule has 0 saturated heterocycles. The molecule has 5 nitrogen and oxygen atoms in total. The minimum Gasteiger partial charge on any atom is -0.467 e. The number of nitrogens with zero attached hydrogens (tertiary/aromatic N) is 2. The Labute approximate surface area is 120 Å². The normalized spacial score (nSPS) is 10.9. The van der Waals surface area contributed by atoms with Gasteiger partial charge in [0.25, 0.3) is 5.56 Å². The summed E-state index contributed by atoms with van der Waals surface area (Å²) in [5.74, 6) is 0.644. The standard InChI is InChI=1S/C16H15N3O2/c1-2-9-18-14-8-4-3-7-13(14)15(20)19(16(18)17)11-12-6-5-10-21-12/h2-8,10,17H,1,9,11H2. The molecule has 3 rings (SSSR count). The average molecular weight is 281 g/mol. The fraction of sp³-hybridized carbons (Fsp3) is 0.125. The highest BCUT2D eigenvalue weighted by Gasteiger charge is 2.11. The summed E-state index contributed by atoms with van der Waals surface area (Å²) in [6.07, 6.45) is 3.27. The van der Waals surface area contributed by atoms with Crippen LogP contribution in [0.5, 0.6) is 0 Å². The number of furan rings is 1. The van der Waals surface area contributed by atoms with Gasteiger partial charge in [-0.15, -0.1) is 6.58 Å². The van der Waals surface area contributed by atoms with Crippen LogP contribution in [0.3, 0.4) is 0 Å². The second-order valence-corrected chi connectivity index (χ2v) is 4.71. The largest absolute Gasteiger partial charge is 0.467 e. The van der Waals surface area contributed by atoms with Gasteiger partial charge in [-0.25, -0.2) is 0 Å². The van der Waals surface area contributed by atoms with Crippen LogP contribution in [0.1, 0.15) is 5.76 Å². The number of benzene rings is 1. The van der Waals surface area contributed by atoms with E-state index in [-0.39, 0.29) is 17.7 Å². The van der Waals surface area contributed by atoms with Crippen LogP contribution in [0.2, 0.25) is 0 Å². The number of nitrogens with one attached hydrogen (secondary N) is 1. The first kappa shape index (κ1) is 13.2. The predicted octanol–water partition coefficient (Wildman–Crippen LogP) is 2.11. The van der Waals surface area contributed by atoms with Gasteiger partial charge >= 0.3 is 0 Å². The number of para-hydroxylation sites is 1. The Kier molecular flexibility index (Phi) is 3.31. The molecule has 0 aliphatic heterocycles. The summed E-state index contributed by atoms with van der Waals surface area (Å²) in [6.45, 7) is 4.43. The van der Waals surface area contributed by atoms with Crippen LogP contribution >= 0.6 is 0 Å². The van der Waals surface area contributed by atoms with Crippen LogP contribution in [0.15, 0.2) is 64.5 Å². The molecule has 0 saturated carbocycles. The first-order chi connectivity index (χ1) is 10.2. The van der Waals surface area contributed by atoms with Crippen LogP contribution in [0, 0.1) is 5.41 Å². The molecule has 0 aliphatic carbocycles. The average Bonchev–Trinajstić information content (AvgIpc) is 3.01. The van der Waals surface area contributed by atoms with Crippen molar-refractivity contribution in [2.24, 2.45) is 0 Å². The molecule has 0 fully saturated rings. The van der Waals surface area contributed by atoms with E-state index in [1.807, 2.05) is 18.2 Å². The van der Waals surface area contributed by atoms with E-state index >= 15 is 0 Å². The van der Waals surface area contributed by atoms with Crippen molar-refractivity contribution in [3.63, 3.8) is 0 Å². The summed E-state index contributed by atoms with van der Waals surface area (Å²) in [5, 5.41) is 8.90. The van der Waals surface area contributed by atoms with Gasteiger partial charge in [0.2, 0.25) is 5.62 Å². The van der Waals surface area contributed by atoms with Crippen LogP contribution in [-0.4, -0.2) is 9.13 Å². The second-order valence-electron chi connectivity index (χ2n) is 4.71. The van der Waals surface area contributed by atoms with Crippen LogP contribution in [0.25, 0.3) is 10.9 Å². The molecular weight excluding hydrogens is 266 g/mol. The van der Waals surface area contributed by atoms with E-state index in [2.05, 4.69) is 6.58 Å². The third kappa shape index (κ3) is 2.23. The molecule has 0 atom stereocenters. The van der Waals surface area contributed by atoms with Gasteiger partial charge in [-0.2, -0.15) is 0 Å². The SMILES string of the molecule is C=CCn1c(=N)n(Cc2ccco2)c(=O)c2ccccc21. The molecule has 0 radical (unpaired) electrons. The Morgan fingerprint density at radius 2 is 2.00 bits per heavy atom. The number of hydrogen-bond donors (Lipinski definition) is 1. The molecule has 0 unspecified atom stereocenters. The van der Waals surface area contributed by atoms with E-state index in [1.54, 1.807) is 35.1 Å². The topological polar surface area (TPSA) is 63.9 Å². The van der Waals surface area contributed by atoms with Crippen molar-refractivity contribution in [3.8, 4) is 0 Å². The lowest BCUT2D eigenvalue weighted by molar-refractivity contribution is 0.474. The Balaban J connectivity index is 2.31. The molecule has 21 heavy (non-hydrogen) atoms. The monoisotopic (exact) mass is 281 g/mol. The summed E-state index contributed by atoms with van der Waals surface area (Å²) >= 11 is 0. The summed E-state index contributed by atoms with van der Waals surface area (Å²) in [6, 6.07) is 10.9. The lowest BCUT2D eigenvalue weighted by Crippen LogP contribution is -2.40. The molecule has 0 spiro atoms. The smallest absolute Gasteiger partial charge is 0.263 e. The maximum atomic E-state index is 12.6. The minimum atomic E-state index is -0.188. The number of fused-ring (bicyclic) bond motifs is 1. The van der Waals surface area contributed by atoms with Crippen molar-refractivity contribution >= 4 is 10.9 Å². The molecule has 0 bridgehead atoms. The zero-order valence-corrected chi connectivity index (χ0v) is 11.5. The van der Waals surface area contributed by atoms with E-state index in [9.17, 15) is 4.79 Å². The van der Waals surface area contributed by atoms with Crippen LogP contribution < -0.4 is 11.2 Å². The zero-order chi connectivity index (χ0) is 14.8. The quantitative estimate of drug-likeness (QED) is 0.744. The lowest BCUT2D eigenvalue weighted by Gasteiger charge is -2.13. The maximum absolute atomic E-state index is 12.6. The third-order valence-electron chi connectivity index (χ3n) is 3.39. The van der Waals surface area contributed by atoms with Crippen LogP contribution in [-0.2, 0) is 13.1 Å². The van der Waals surface area contributed by atoms with E-state index in [1.165, 1.54) is 4.57 Å². The molecule has 5 heteroatoms. The number of aromatic nitrogens is 2. The molecule has 0 aliphatic rings. The fourth-order valence-electron chi connectivity index (χ4n) is 2.41. The number of allylic oxidation sites excluding steroid dienone is 1. The van der Waals surface area contributed by atoms with Gasteiger partial charge in [0, 0.05) is 6.54 Å². The first-order valence-corrected chi connectivity index (χ1v) is 6.62. The Bertz CT molecular complexity index is 901. The second kappa shape index (κ2) is 5.28. The van der Waals surface area contributed by atoms with Gasteiger partial charge in [0.1, 0.15) is 5.76 Å². The van der Waals surface area contributed by atoms with E-state index < -0.39 is 0 Å². The molecule has 1 aromatic carbocycles. The van der Waals surface area contributed by atoms with E-state index in [0.717, 1.165) is 5.52 Å². The van der Waals surface area contributed by atoms with Crippen LogP contribution in [0.4, 0.5) is 0 Å². The maximum Gasteiger partial charge on any atom is 0.263 e. The van der Waals surface area contributed by atoms with Crippen molar-refractivity contribution in [2.75, 3.05) is 0 Å². The van der Waals surface area contributed by atoms with Gasteiger partial charge in [-0.3, -0.25) is 14.8 Å². The van der Waals surface area contributed by atoms with Crippen molar-refractivity contribution in [1.82, 2.24) is 9.13 Å². The number of hydrogen-bond acceptors (Lipinski definition) is 3. The summed E-state index contributed by atoms with van der Waals surface area (Å²) < 4.78 is 8.45. The highest BCUT2D eigenvalue weighted by molar-refractivity contribution is 5.77. The van der Waals surface area contributed by atoms with Gasteiger partial charge in [0.05, 0.1) is 23.7 Å². The predicted molar refractivity (Wildman–Crippen MR) is 80.1 cm³/mol. The highest BCUT2D eigenvalue weighted by Crippen LogP contribution is 2.08. The van der Waals surface area contributed by atoms with Gasteiger partial charge in [-0.05, 0) is 24.3 Å². The third-order valence-corrected chi connectivity index (χ3v) is 3.39. The Morgan fingerprint density at radius 3 is 2.71 bits per heavy atom. The first-order valence-electron chi connectivity index (χ1n) is 6.62. The minimum absolute atomic E-state index is 0.134. The van der Waals surface area contributed by atoms with E-state index in [4.69, 9.17) is 9.83 Å². The molecule has 1 N–H and O–H groups in total. The Hall–Kier alpha value is -2.82. The zero-order valence-electron chi connectivity index (χ0n) is 11.5. The summed E-state index contributed by atoms with van der Waals surface area (Å²) in [4.78, 5) is 12.6. The van der Waals surface area contributed by atoms with Gasteiger partial charge < -0.3 is 8.98 Å². The molecule has 3 aromatic rings. The molecule has 106 valence electrons. The van der Waals surface area contributed by atoms with Gasteiger partial charge in [-0.1, -0.05) is 18.2 Å². The molecule has 2 aromatic heterocycles. The Morgan fingerprint density at radius 1 is 1.19 bits per heavy atom. The molecular formula is C16H15N3O2. The number of rotatable bonds is 4.